The van der Waals surface area contributed by atoms with Crippen molar-refractivity contribution in [3.8, 4) is 0 Å². The Morgan fingerprint density at radius 1 is 1.25 bits per heavy atom. The van der Waals surface area contributed by atoms with Crippen molar-refractivity contribution in [1.29, 1.82) is 0 Å². The predicted molar refractivity (Wildman–Crippen MR) is 93.3 cm³/mol. The number of hydrogen-bond donors (Lipinski definition) is 2. The first kappa shape index (κ1) is 16.5. The number of hydrogen-bond acceptors (Lipinski definition) is 3. The lowest BCUT2D eigenvalue weighted by atomic mass is 9.53. The molecule has 2 saturated carbocycles. The second-order valence-corrected chi connectivity index (χ2v) is 8.98. The maximum absolute atomic E-state index is 11.9. The fraction of sp³-hybridized carbons (Fsp3) is 0.762. The summed E-state index contributed by atoms with van der Waals surface area (Å²) < 4.78 is 0. The monoisotopic (exact) mass is 330 g/mol. The first-order valence-electron chi connectivity index (χ1n) is 9.65. The minimum Gasteiger partial charge on any atom is -0.390 e. The quantitative estimate of drug-likeness (QED) is 0.773. The number of aliphatic hydroxyl groups is 2. The summed E-state index contributed by atoms with van der Waals surface area (Å²) in [7, 11) is 0. The van der Waals surface area contributed by atoms with Crippen LogP contribution in [-0.4, -0.2) is 27.7 Å². The largest absolute Gasteiger partial charge is 0.390 e. The zero-order valence-electron chi connectivity index (χ0n) is 15.1. The van der Waals surface area contributed by atoms with Crippen LogP contribution in [0, 0.1) is 23.2 Å². The Morgan fingerprint density at radius 2 is 2.00 bits per heavy atom. The molecule has 2 fully saturated rings. The van der Waals surface area contributed by atoms with Gasteiger partial charge in [0.2, 0.25) is 0 Å². The molecule has 3 heteroatoms. The van der Waals surface area contributed by atoms with E-state index >= 15 is 0 Å². The molecule has 0 aromatic carbocycles. The van der Waals surface area contributed by atoms with Crippen molar-refractivity contribution >= 4 is 5.78 Å². The van der Waals surface area contributed by atoms with Gasteiger partial charge in [0, 0.05) is 11.8 Å². The molecule has 0 heterocycles. The van der Waals surface area contributed by atoms with Crippen LogP contribution >= 0.6 is 0 Å². The summed E-state index contributed by atoms with van der Waals surface area (Å²) >= 11 is 0. The summed E-state index contributed by atoms with van der Waals surface area (Å²) in [5.41, 5.74) is 3.19. The zero-order chi connectivity index (χ0) is 17.3. The van der Waals surface area contributed by atoms with Gasteiger partial charge in [0.15, 0.2) is 5.78 Å². The van der Waals surface area contributed by atoms with Gasteiger partial charge >= 0.3 is 0 Å². The number of fused-ring (bicyclic) bond motifs is 4. The highest BCUT2D eigenvalue weighted by molar-refractivity contribution is 5.93. The van der Waals surface area contributed by atoms with Crippen LogP contribution in [0.3, 0.4) is 0 Å². The molecule has 4 aliphatic rings. The van der Waals surface area contributed by atoms with Gasteiger partial charge in [-0.15, -0.1) is 0 Å². The van der Waals surface area contributed by atoms with E-state index in [1.54, 1.807) is 12.5 Å². The summed E-state index contributed by atoms with van der Waals surface area (Å²) in [5, 5.41) is 21.5. The van der Waals surface area contributed by atoms with Gasteiger partial charge < -0.3 is 10.2 Å². The molecule has 2 N–H and O–H groups in total. The van der Waals surface area contributed by atoms with Crippen molar-refractivity contribution in [2.45, 2.75) is 77.4 Å². The van der Waals surface area contributed by atoms with Gasteiger partial charge in [-0.25, -0.2) is 0 Å². The van der Waals surface area contributed by atoms with E-state index in [-0.39, 0.29) is 11.2 Å². The van der Waals surface area contributed by atoms with E-state index in [9.17, 15) is 15.0 Å². The van der Waals surface area contributed by atoms with Gasteiger partial charge in [-0.05, 0) is 80.4 Å². The highest BCUT2D eigenvalue weighted by Crippen LogP contribution is 2.64. The topological polar surface area (TPSA) is 57.5 Å². The molecule has 0 unspecified atom stereocenters. The summed E-state index contributed by atoms with van der Waals surface area (Å²) in [6.45, 7) is 6.21. The minimum atomic E-state index is -0.949. The van der Waals surface area contributed by atoms with E-state index < -0.39 is 11.7 Å². The van der Waals surface area contributed by atoms with Crippen LogP contribution in [0.15, 0.2) is 22.8 Å². The molecular weight excluding hydrogens is 300 g/mol. The van der Waals surface area contributed by atoms with Crippen molar-refractivity contribution in [2.24, 2.45) is 23.2 Å². The molecule has 0 saturated heterocycles. The Kier molecular flexibility index (Phi) is 3.64. The van der Waals surface area contributed by atoms with Gasteiger partial charge in [-0.1, -0.05) is 19.4 Å². The molecule has 4 rings (SSSR count). The Bertz CT molecular complexity index is 643. The molecule has 0 spiro atoms. The Balaban J connectivity index is 1.76. The van der Waals surface area contributed by atoms with Crippen molar-refractivity contribution < 1.29 is 15.0 Å². The van der Waals surface area contributed by atoms with E-state index in [1.165, 1.54) is 11.1 Å². The third-order valence-corrected chi connectivity index (χ3v) is 7.99. The number of carbonyl (C=O) groups is 1. The van der Waals surface area contributed by atoms with Crippen molar-refractivity contribution in [1.82, 2.24) is 0 Å². The molecule has 4 aliphatic carbocycles. The van der Waals surface area contributed by atoms with Crippen LogP contribution in [0.25, 0.3) is 0 Å². The van der Waals surface area contributed by atoms with Crippen molar-refractivity contribution in [3.63, 3.8) is 0 Å². The van der Waals surface area contributed by atoms with Crippen LogP contribution in [0.1, 0.15) is 65.7 Å². The first-order chi connectivity index (χ1) is 11.3. The Hall–Kier alpha value is -0.930. The minimum absolute atomic E-state index is 0.193. The maximum Gasteiger partial charge on any atom is 0.156 e. The fourth-order valence-corrected chi connectivity index (χ4v) is 6.56. The predicted octanol–water partition coefficient (Wildman–Crippen LogP) is 3.55. The second-order valence-electron chi connectivity index (χ2n) is 8.98. The Morgan fingerprint density at radius 3 is 2.71 bits per heavy atom. The first-order valence-corrected chi connectivity index (χ1v) is 9.65. The summed E-state index contributed by atoms with van der Waals surface area (Å²) in [6, 6.07) is 0. The summed E-state index contributed by atoms with van der Waals surface area (Å²) in [4.78, 5) is 11.9. The number of allylic oxidation sites excluding steroid dienone is 4. The van der Waals surface area contributed by atoms with E-state index in [2.05, 4.69) is 13.8 Å². The third-order valence-electron chi connectivity index (χ3n) is 7.99. The molecule has 24 heavy (non-hydrogen) atoms. The van der Waals surface area contributed by atoms with Crippen LogP contribution in [0.4, 0.5) is 0 Å². The zero-order valence-corrected chi connectivity index (χ0v) is 15.1. The average molecular weight is 330 g/mol. The highest BCUT2D eigenvalue weighted by atomic mass is 16.3. The third kappa shape index (κ3) is 2.00. The Labute approximate surface area is 144 Å². The molecule has 0 aliphatic heterocycles. The fourth-order valence-electron chi connectivity index (χ4n) is 6.56. The number of ketones is 1. The van der Waals surface area contributed by atoms with Crippen molar-refractivity contribution in [2.75, 3.05) is 0 Å². The van der Waals surface area contributed by atoms with E-state index in [0.717, 1.165) is 32.1 Å². The molecule has 0 radical (unpaired) electrons. The van der Waals surface area contributed by atoms with Gasteiger partial charge in [-0.2, -0.15) is 0 Å². The molecule has 0 amide bonds. The summed E-state index contributed by atoms with van der Waals surface area (Å²) in [6.07, 6.45) is 7.56. The van der Waals surface area contributed by atoms with Crippen LogP contribution in [0.5, 0.6) is 0 Å². The number of rotatable bonds is 1. The van der Waals surface area contributed by atoms with E-state index in [1.807, 2.05) is 6.08 Å². The van der Waals surface area contributed by atoms with Crippen LogP contribution in [0.2, 0.25) is 0 Å². The van der Waals surface area contributed by atoms with Gasteiger partial charge in [0.05, 0.1) is 11.7 Å². The van der Waals surface area contributed by atoms with E-state index in [4.69, 9.17) is 0 Å². The SMILES string of the molecule is C[C@H](O)[C@@]1(O)CC[C@H]2[C@@H]3C[C@H](C)C4=CC(=O)CCC4=C3CC[C@@]21C. The highest BCUT2D eigenvalue weighted by Gasteiger charge is 2.62. The van der Waals surface area contributed by atoms with E-state index in [0.29, 0.717) is 30.6 Å². The van der Waals surface area contributed by atoms with Crippen LogP contribution < -0.4 is 0 Å². The lowest BCUT2D eigenvalue weighted by Crippen LogP contribution is -2.55. The smallest absolute Gasteiger partial charge is 0.156 e. The molecule has 0 aromatic heterocycles. The normalized spacial score (nSPS) is 46.1. The molecule has 3 nitrogen and oxygen atoms in total. The maximum atomic E-state index is 11.9. The second kappa shape index (κ2) is 5.28. The molecule has 6 atom stereocenters. The van der Waals surface area contributed by atoms with Gasteiger partial charge in [0.25, 0.3) is 0 Å². The molecular formula is C21H30O3. The number of aliphatic hydroxyl groups excluding tert-OH is 1. The molecule has 132 valence electrons. The average Bonchev–Trinajstić information content (AvgIpc) is 2.81. The molecule has 0 bridgehead atoms. The summed E-state index contributed by atoms with van der Waals surface area (Å²) in [5.74, 6) is 1.69. The van der Waals surface area contributed by atoms with Gasteiger partial charge in [0.1, 0.15) is 0 Å². The number of carbonyl (C=O) groups excluding carboxylic acids is 1. The van der Waals surface area contributed by atoms with Gasteiger partial charge in [-0.3, -0.25) is 4.79 Å². The lowest BCUT2D eigenvalue weighted by molar-refractivity contribution is -0.152. The standard InChI is InChI=1S/C21H30O3/c1-12-10-18-16(15-5-4-14(23)11-17(12)15)6-8-20(3)19(18)7-9-21(20,24)13(2)22/h11-13,18-19,22,24H,4-10H2,1-3H3/t12-,13-,18+,19-,20-,21-/m0/s1. The molecule has 0 aromatic rings. The lowest BCUT2D eigenvalue weighted by Gasteiger charge is -2.53. The van der Waals surface area contributed by atoms with Crippen LogP contribution in [-0.2, 0) is 4.79 Å². The van der Waals surface area contributed by atoms with Crippen molar-refractivity contribution in [3.05, 3.63) is 22.8 Å².